The quantitative estimate of drug-likeness (QED) is 0.787. The third kappa shape index (κ3) is 4.26. The average molecular weight is 291 g/mol. The molecule has 112 valence electrons. The summed E-state index contributed by atoms with van der Waals surface area (Å²) in [5.41, 5.74) is 1.53. The van der Waals surface area contributed by atoms with Gasteiger partial charge in [0.2, 0.25) is 0 Å². The van der Waals surface area contributed by atoms with Gasteiger partial charge < -0.3 is 10.1 Å². The highest BCUT2D eigenvalue weighted by Gasteiger charge is 2.13. The number of hydrogen-bond acceptors (Lipinski definition) is 2. The summed E-state index contributed by atoms with van der Waals surface area (Å²) in [6.45, 7) is 5.17. The molecule has 0 heterocycles. The topological polar surface area (TPSA) is 21.3 Å². The highest BCUT2D eigenvalue weighted by atomic mass is 19.1. The summed E-state index contributed by atoms with van der Waals surface area (Å²) in [6.07, 6.45) is 0.972. The summed E-state index contributed by atoms with van der Waals surface area (Å²) in [6, 6.07) is 9.68. The van der Waals surface area contributed by atoms with Crippen molar-refractivity contribution in [3.63, 3.8) is 0 Å². The van der Waals surface area contributed by atoms with Crippen LogP contribution in [0.4, 0.5) is 8.78 Å². The maximum atomic E-state index is 14.0. The molecule has 0 aliphatic rings. The first-order valence-corrected chi connectivity index (χ1v) is 7.03. The van der Waals surface area contributed by atoms with Gasteiger partial charge >= 0.3 is 0 Å². The second-order valence-corrected chi connectivity index (χ2v) is 4.98. The second-order valence-electron chi connectivity index (χ2n) is 4.98. The van der Waals surface area contributed by atoms with Crippen molar-refractivity contribution in [2.45, 2.75) is 26.8 Å². The zero-order valence-electron chi connectivity index (χ0n) is 12.2. The molecular weight excluding hydrogens is 272 g/mol. The predicted molar refractivity (Wildman–Crippen MR) is 79.6 cm³/mol. The summed E-state index contributed by atoms with van der Waals surface area (Å²) >= 11 is 0. The lowest BCUT2D eigenvalue weighted by Gasteiger charge is -2.11. The lowest BCUT2D eigenvalue weighted by molar-refractivity contribution is 0.406. The summed E-state index contributed by atoms with van der Waals surface area (Å²) in [5.74, 6) is -1.32. The highest BCUT2D eigenvalue weighted by Crippen LogP contribution is 2.29. The number of rotatable bonds is 6. The van der Waals surface area contributed by atoms with Gasteiger partial charge in [0, 0.05) is 6.54 Å². The number of nitrogens with one attached hydrogen (secondary N) is 1. The standard InChI is InChI=1S/C17H19F2NO/c1-3-7-20-11-13-9-15(18)17(16(19)10-13)21-14-6-4-5-12(2)8-14/h4-6,8-10,20H,3,7,11H2,1-2H3. The maximum Gasteiger partial charge on any atom is 0.198 e. The molecule has 2 aromatic carbocycles. The molecule has 0 aliphatic carbocycles. The van der Waals surface area contributed by atoms with Crippen molar-refractivity contribution in [2.75, 3.05) is 6.54 Å². The number of aryl methyl sites for hydroxylation is 1. The van der Waals surface area contributed by atoms with Crippen molar-refractivity contribution >= 4 is 0 Å². The number of halogens is 2. The third-order valence-corrected chi connectivity index (χ3v) is 3.02. The molecule has 4 heteroatoms. The Hall–Kier alpha value is -1.94. The molecule has 0 unspecified atom stereocenters. The van der Waals surface area contributed by atoms with Gasteiger partial charge in [-0.3, -0.25) is 0 Å². The summed E-state index contributed by atoms with van der Waals surface area (Å²) < 4.78 is 33.4. The van der Waals surface area contributed by atoms with Crippen LogP contribution in [-0.4, -0.2) is 6.54 Å². The van der Waals surface area contributed by atoms with E-state index in [1.54, 1.807) is 18.2 Å². The van der Waals surface area contributed by atoms with Crippen LogP contribution in [0.15, 0.2) is 36.4 Å². The van der Waals surface area contributed by atoms with Crippen LogP contribution in [0.3, 0.4) is 0 Å². The van der Waals surface area contributed by atoms with Crippen LogP contribution in [0, 0.1) is 18.6 Å². The van der Waals surface area contributed by atoms with E-state index in [2.05, 4.69) is 5.32 Å². The lowest BCUT2D eigenvalue weighted by Crippen LogP contribution is -2.14. The Balaban J connectivity index is 2.17. The molecule has 1 N–H and O–H groups in total. The normalized spacial score (nSPS) is 10.7. The van der Waals surface area contributed by atoms with E-state index in [1.165, 1.54) is 12.1 Å². The van der Waals surface area contributed by atoms with E-state index in [-0.39, 0.29) is 5.75 Å². The molecule has 0 saturated carbocycles. The monoisotopic (exact) mass is 291 g/mol. The molecule has 2 rings (SSSR count). The molecule has 0 bridgehead atoms. The Kier molecular flexibility index (Phi) is 5.28. The first kappa shape index (κ1) is 15.4. The van der Waals surface area contributed by atoms with Gasteiger partial charge in [-0.05, 0) is 55.3 Å². The minimum atomic E-state index is -0.690. The van der Waals surface area contributed by atoms with E-state index in [9.17, 15) is 8.78 Å². The third-order valence-electron chi connectivity index (χ3n) is 3.02. The van der Waals surface area contributed by atoms with Crippen LogP contribution >= 0.6 is 0 Å². The van der Waals surface area contributed by atoms with E-state index in [4.69, 9.17) is 4.74 Å². The van der Waals surface area contributed by atoms with Gasteiger partial charge in [0.1, 0.15) is 5.75 Å². The van der Waals surface area contributed by atoms with E-state index in [0.29, 0.717) is 17.9 Å². The molecule has 0 atom stereocenters. The highest BCUT2D eigenvalue weighted by molar-refractivity contribution is 5.37. The Morgan fingerprint density at radius 3 is 2.43 bits per heavy atom. The Morgan fingerprint density at radius 1 is 1.10 bits per heavy atom. The zero-order valence-corrected chi connectivity index (χ0v) is 12.2. The van der Waals surface area contributed by atoms with Crippen LogP contribution in [0.1, 0.15) is 24.5 Å². The van der Waals surface area contributed by atoms with Crippen LogP contribution in [0.5, 0.6) is 11.5 Å². The van der Waals surface area contributed by atoms with Crippen molar-refractivity contribution in [3.05, 3.63) is 59.2 Å². The van der Waals surface area contributed by atoms with Crippen molar-refractivity contribution in [1.29, 1.82) is 0 Å². The molecule has 0 saturated heterocycles. The van der Waals surface area contributed by atoms with E-state index in [1.807, 2.05) is 19.9 Å². The Bertz CT molecular complexity index is 590. The molecule has 0 radical (unpaired) electrons. The Morgan fingerprint density at radius 2 is 1.81 bits per heavy atom. The smallest absolute Gasteiger partial charge is 0.198 e. The molecule has 0 spiro atoms. The van der Waals surface area contributed by atoms with Gasteiger partial charge in [0.05, 0.1) is 0 Å². The first-order valence-electron chi connectivity index (χ1n) is 7.03. The minimum absolute atomic E-state index is 0.361. The molecule has 0 aromatic heterocycles. The minimum Gasteiger partial charge on any atom is -0.451 e. The fourth-order valence-electron chi connectivity index (χ4n) is 2.02. The fraction of sp³-hybridized carbons (Fsp3) is 0.294. The van der Waals surface area contributed by atoms with Crippen LogP contribution < -0.4 is 10.1 Å². The molecular formula is C17H19F2NO. The van der Waals surface area contributed by atoms with Crippen LogP contribution in [0.2, 0.25) is 0 Å². The SMILES string of the molecule is CCCNCc1cc(F)c(Oc2cccc(C)c2)c(F)c1. The van der Waals surface area contributed by atoms with Gasteiger partial charge in [0.15, 0.2) is 17.4 Å². The molecule has 21 heavy (non-hydrogen) atoms. The van der Waals surface area contributed by atoms with Crippen LogP contribution in [0.25, 0.3) is 0 Å². The zero-order chi connectivity index (χ0) is 15.2. The molecule has 2 aromatic rings. The van der Waals surface area contributed by atoms with Crippen molar-refractivity contribution < 1.29 is 13.5 Å². The van der Waals surface area contributed by atoms with Gasteiger partial charge in [0.25, 0.3) is 0 Å². The first-order chi connectivity index (χ1) is 10.1. The van der Waals surface area contributed by atoms with E-state index >= 15 is 0 Å². The number of ether oxygens (including phenoxy) is 1. The Labute approximate surface area is 123 Å². The van der Waals surface area contributed by atoms with Crippen LogP contribution in [-0.2, 0) is 6.54 Å². The maximum absolute atomic E-state index is 14.0. The molecule has 0 amide bonds. The van der Waals surface area contributed by atoms with Crippen molar-refractivity contribution in [3.8, 4) is 11.5 Å². The van der Waals surface area contributed by atoms with E-state index in [0.717, 1.165) is 18.5 Å². The van der Waals surface area contributed by atoms with E-state index < -0.39 is 11.6 Å². The second kappa shape index (κ2) is 7.18. The van der Waals surface area contributed by atoms with Gasteiger partial charge in [-0.2, -0.15) is 0 Å². The molecule has 2 nitrogen and oxygen atoms in total. The predicted octanol–water partition coefficient (Wildman–Crippen LogP) is 4.57. The van der Waals surface area contributed by atoms with Crippen molar-refractivity contribution in [2.24, 2.45) is 0 Å². The van der Waals surface area contributed by atoms with Gasteiger partial charge in [-0.1, -0.05) is 19.1 Å². The summed E-state index contributed by atoms with van der Waals surface area (Å²) in [5, 5.41) is 3.11. The largest absolute Gasteiger partial charge is 0.451 e. The lowest BCUT2D eigenvalue weighted by atomic mass is 10.2. The number of benzene rings is 2. The summed E-state index contributed by atoms with van der Waals surface area (Å²) in [4.78, 5) is 0. The molecule has 0 aliphatic heterocycles. The number of hydrogen-bond donors (Lipinski definition) is 1. The molecule has 0 fully saturated rings. The average Bonchev–Trinajstić information content (AvgIpc) is 2.43. The summed E-state index contributed by atoms with van der Waals surface area (Å²) in [7, 11) is 0. The van der Waals surface area contributed by atoms with Gasteiger partial charge in [-0.25, -0.2) is 8.78 Å². The fourth-order valence-corrected chi connectivity index (χ4v) is 2.02. The van der Waals surface area contributed by atoms with Crippen molar-refractivity contribution in [1.82, 2.24) is 5.32 Å². The van der Waals surface area contributed by atoms with Gasteiger partial charge in [-0.15, -0.1) is 0 Å².